The molecule has 0 aromatic heterocycles. The zero-order valence-electron chi connectivity index (χ0n) is 15.3. The number of para-hydroxylation sites is 2. The molecule has 28 heavy (non-hydrogen) atoms. The molecule has 4 rings (SSSR count). The van der Waals surface area contributed by atoms with Crippen LogP contribution in [0.2, 0.25) is 0 Å². The third-order valence-corrected chi connectivity index (χ3v) is 4.58. The van der Waals surface area contributed by atoms with Crippen molar-refractivity contribution in [2.24, 2.45) is 0 Å². The maximum atomic E-state index is 12.5. The van der Waals surface area contributed by atoms with Crippen LogP contribution in [0.4, 0.5) is 11.4 Å². The molecule has 0 saturated carbocycles. The molecule has 0 fully saturated rings. The van der Waals surface area contributed by atoms with E-state index in [1.54, 1.807) is 30.3 Å². The van der Waals surface area contributed by atoms with Gasteiger partial charge < -0.3 is 15.4 Å². The third-order valence-electron chi connectivity index (χ3n) is 4.58. The quantitative estimate of drug-likeness (QED) is 0.662. The first kappa shape index (κ1) is 17.8. The van der Waals surface area contributed by atoms with E-state index in [4.69, 9.17) is 4.74 Å². The molecular weight excluding hydrogens is 352 g/mol. The molecule has 1 aliphatic heterocycles. The Morgan fingerprint density at radius 3 is 2.57 bits per heavy atom. The Balaban J connectivity index is 1.41. The van der Waals surface area contributed by atoms with Crippen molar-refractivity contribution < 1.29 is 14.3 Å². The van der Waals surface area contributed by atoms with Crippen LogP contribution in [0.1, 0.15) is 28.8 Å². The fourth-order valence-electron chi connectivity index (χ4n) is 3.16. The van der Waals surface area contributed by atoms with E-state index in [2.05, 4.69) is 22.8 Å². The molecular formula is C23H20N2O3. The number of hydrogen-bond acceptors (Lipinski definition) is 3. The minimum atomic E-state index is -0.264. The van der Waals surface area contributed by atoms with Crippen molar-refractivity contribution in [3.63, 3.8) is 0 Å². The molecule has 0 unspecified atom stereocenters. The second kappa shape index (κ2) is 7.96. The van der Waals surface area contributed by atoms with E-state index >= 15 is 0 Å². The fraction of sp³-hybridized carbons (Fsp3) is 0.130. The van der Waals surface area contributed by atoms with Crippen LogP contribution in [0.5, 0.6) is 11.5 Å². The summed E-state index contributed by atoms with van der Waals surface area (Å²) in [5.41, 5.74) is 2.80. The molecule has 0 spiro atoms. The minimum absolute atomic E-state index is 0.0749. The molecule has 2 N–H and O–H groups in total. The zero-order chi connectivity index (χ0) is 19.3. The number of fused-ring (bicyclic) bond motifs is 2. The van der Waals surface area contributed by atoms with E-state index in [9.17, 15) is 9.59 Å². The molecule has 1 heterocycles. The van der Waals surface area contributed by atoms with Gasteiger partial charge in [-0.1, -0.05) is 42.5 Å². The average molecular weight is 372 g/mol. The highest BCUT2D eigenvalue weighted by atomic mass is 16.5. The van der Waals surface area contributed by atoms with Gasteiger partial charge in [0.25, 0.3) is 5.91 Å². The highest BCUT2D eigenvalue weighted by Gasteiger charge is 2.21. The normalized spacial score (nSPS) is 12.1. The first-order chi connectivity index (χ1) is 13.7. The highest BCUT2D eigenvalue weighted by Crippen LogP contribution is 2.36. The maximum absolute atomic E-state index is 12.5. The van der Waals surface area contributed by atoms with Crippen LogP contribution in [-0.4, -0.2) is 11.8 Å². The molecule has 2 amide bonds. The second-order valence-electron chi connectivity index (χ2n) is 6.65. The van der Waals surface area contributed by atoms with E-state index in [0.29, 0.717) is 34.9 Å². The molecule has 1 aliphatic rings. The molecule has 5 nitrogen and oxygen atoms in total. The van der Waals surface area contributed by atoms with Crippen molar-refractivity contribution in [3.05, 3.63) is 83.9 Å². The lowest BCUT2D eigenvalue weighted by molar-refractivity contribution is -0.116. The summed E-state index contributed by atoms with van der Waals surface area (Å²) < 4.78 is 5.85. The summed E-state index contributed by atoms with van der Waals surface area (Å²) >= 11 is 0. The fourth-order valence-corrected chi connectivity index (χ4v) is 3.16. The number of anilines is 2. The number of nitrogens with one attached hydrogen (secondary N) is 2. The van der Waals surface area contributed by atoms with Gasteiger partial charge in [-0.3, -0.25) is 9.59 Å². The van der Waals surface area contributed by atoms with Gasteiger partial charge in [-0.05, 0) is 48.7 Å². The Morgan fingerprint density at radius 1 is 0.929 bits per heavy atom. The van der Waals surface area contributed by atoms with Crippen LogP contribution >= 0.6 is 0 Å². The maximum Gasteiger partial charge on any atom is 0.259 e. The van der Waals surface area contributed by atoms with E-state index < -0.39 is 0 Å². The largest absolute Gasteiger partial charge is 0.454 e. The number of carbonyl (C=O) groups excluding carboxylic acids is 2. The van der Waals surface area contributed by atoms with Gasteiger partial charge in [0.15, 0.2) is 5.75 Å². The van der Waals surface area contributed by atoms with Gasteiger partial charge in [0, 0.05) is 12.1 Å². The number of rotatable bonds is 5. The van der Waals surface area contributed by atoms with Gasteiger partial charge in [-0.25, -0.2) is 0 Å². The lowest BCUT2D eigenvalue weighted by atomic mass is 10.1. The van der Waals surface area contributed by atoms with E-state index in [1.165, 1.54) is 5.56 Å². The van der Waals surface area contributed by atoms with Crippen LogP contribution < -0.4 is 15.4 Å². The van der Waals surface area contributed by atoms with Crippen LogP contribution in [0.25, 0.3) is 0 Å². The van der Waals surface area contributed by atoms with Crippen molar-refractivity contribution in [2.45, 2.75) is 19.3 Å². The first-order valence-electron chi connectivity index (χ1n) is 9.25. The van der Waals surface area contributed by atoms with E-state index in [1.807, 2.05) is 30.3 Å². The third kappa shape index (κ3) is 4.04. The van der Waals surface area contributed by atoms with Crippen LogP contribution in [-0.2, 0) is 11.2 Å². The minimum Gasteiger partial charge on any atom is -0.454 e. The van der Waals surface area contributed by atoms with Gasteiger partial charge >= 0.3 is 0 Å². The van der Waals surface area contributed by atoms with Gasteiger partial charge in [0.1, 0.15) is 5.75 Å². The zero-order valence-corrected chi connectivity index (χ0v) is 15.3. The molecule has 0 aliphatic carbocycles. The number of carbonyl (C=O) groups is 2. The Morgan fingerprint density at radius 2 is 1.71 bits per heavy atom. The first-order valence-corrected chi connectivity index (χ1v) is 9.25. The summed E-state index contributed by atoms with van der Waals surface area (Å²) in [5, 5.41) is 5.70. The number of aryl methyl sites for hydroxylation is 1. The summed E-state index contributed by atoms with van der Waals surface area (Å²) in [5.74, 6) is 0.714. The van der Waals surface area contributed by atoms with Crippen molar-refractivity contribution in [2.75, 3.05) is 10.6 Å². The highest BCUT2D eigenvalue weighted by molar-refractivity contribution is 6.09. The van der Waals surface area contributed by atoms with Crippen molar-refractivity contribution in [3.8, 4) is 11.5 Å². The monoisotopic (exact) mass is 372 g/mol. The van der Waals surface area contributed by atoms with Crippen LogP contribution in [0.15, 0.2) is 72.8 Å². The topological polar surface area (TPSA) is 67.4 Å². The van der Waals surface area contributed by atoms with E-state index in [-0.39, 0.29) is 11.8 Å². The summed E-state index contributed by atoms with van der Waals surface area (Å²) in [6.45, 7) is 0. The SMILES string of the molecule is O=C(CCCc1ccccc1)Nc1ccc2c(c1)C(=O)Nc1ccccc1O2. The molecule has 3 aromatic carbocycles. The molecule has 0 atom stereocenters. The van der Waals surface area contributed by atoms with E-state index in [0.717, 1.165) is 12.8 Å². The summed E-state index contributed by atoms with van der Waals surface area (Å²) in [7, 11) is 0. The van der Waals surface area contributed by atoms with Crippen molar-refractivity contribution in [1.82, 2.24) is 0 Å². The average Bonchev–Trinajstić information content (AvgIpc) is 2.84. The van der Waals surface area contributed by atoms with Gasteiger partial charge in [0.2, 0.25) is 5.91 Å². The second-order valence-corrected chi connectivity index (χ2v) is 6.65. The number of hydrogen-bond donors (Lipinski definition) is 2. The number of benzene rings is 3. The van der Waals surface area contributed by atoms with Crippen LogP contribution in [0, 0.1) is 0 Å². The smallest absolute Gasteiger partial charge is 0.259 e. The molecule has 0 saturated heterocycles. The molecule has 0 bridgehead atoms. The number of amides is 2. The Labute approximate surface area is 163 Å². The Kier molecular flexibility index (Phi) is 5.06. The Hall–Kier alpha value is -3.60. The van der Waals surface area contributed by atoms with Crippen molar-refractivity contribution >= 4 is 23.2 Å². The summed E-state index contributed by atoms with van der Waals surface area (Å²) in [4.78, 5) is 24.8. The Bertz CT molecular complexity index is 1020. The molecule has 3 aromatic rings. The standard InChI is InChI=1S/C23H20N2O3/c26-22(12-6-9-16-7-2-1-3-8-16)24-17-13-14-20-18(15-17)23(27)25-19-10-4-5-11-21(19)28-20/h1-5,7-8,10-11,13-15H,6,9,12H2,(H,24,26)(H,25,27). The molecule has 5 heteroatoms. The van der Waals surface area contributed by atoms with Crippen molar-refractivity contribution in [1.29, 1.82) is 0 Å². The van der Waals surface area contributed by atoms with Gasteiger partial charge in [-0.2, -0.15) is 0 Å². The molecule has 0 radical (unpaired) electrons. The summed E-state index contributed by atoms with van der Waals surface area (Å²) in [6, 6.07) is 22.4. The lowest BCUT2D eigenvalue weighted by Crippen LogP contribution is -2.14. The predicted octanol–water partition coefficient (Wildman–Crippen LogP) is 5.01. The molecule has 140 valence electrons. The van der Waals surface area contributed by atoms with Crippen LogP contribution in [0.3, 0.4) is 0 Å². The predicted molar refractivity (Wildman–Crippen MR) is 109 cm³/mol. The lowest BCUT2D eigenvalue weighted by Gasteiger charge is -2.10. The number of ether oxygens (including phenoxy) is 1. The van der Waals surface area contributed by atoms with Gasteiger partial charge in [-0.15, -0.1) is 0 Å². The van der Waals surface area contributed by atoms with Gasteiger partial charge in [0.05, 0.1) is 11.3 Å². The summed E-state index contributed by atoms with van der Waals surface area (Å²) in [6.07, 6.45) is 2.03.